The molecule has 1 aliphatic carbocycles. The Balaban J connectivity index is 1.35. The molecule has 0 spiro atoms. The fourth-order valence-corrected chi connectivity index (χ4v) is 3.27. The number of rotatable bonds is 7. The van der Waals surface area contributed by atoms with Crippen LogP contribution in [-0.4, -0.2) is 48.9 Å². The minimum absolute atomic E-state index is 0.000167. The van der Waals surface area contributed by atoms with Gasteiger partial charge in [0.25, 0.3) is 5.91 Å². The first-order valence-corrected chi connectivity index (χ1v) is 9.58. The maximum atomic E-state index is 12.3. The summed E-state index contributed by atoms with van der Waals surface area (Å²) in [6, 6.07) is 11.9. The topological polar surface area (TPSA) is 88.9 Å². The van der Waals surface area contributed by atoms with E-state index in [1.54, 1.807) is 6.26 Å². The van der Waals surface area contributed by atoms with Gasteiger partial charge >= 0.3 is 5.97 Å². The number of esters is 1. The van der Waals surface area contributed by atoms with Crippen LogP contribution in [0.15, 0.2) is 47.1 Å². The number of carbonyl (C=O) groups is 3. The standard InChI is InChI=1S/C22H22N2O5/c1-24(11-19(25)23-16-7-8-16)20(26)13-29-21(27)10-15-12-28-18-9-6-14-4-2-3-5-17(14)22(15)18/h2-6,9,12,16H,7-8,10-11,13H2,1H3,(H,23,25). The quantitative estimate of drug-likeness (QED) is 0.622. The van der Waals surface area contributed by atoms with Crippen molar-refractivity contribution in [2.24, 2.45) is 0 Å². The Morgan fingerprint density at radius 2 is 1.97 bits per heavy atom. The number of nitrogens with one attached hydrogen (secondary N) is 1. The van der Waals surface area contributed by atoms with Crippen LogP contribution >= 0.6 is 0 Å². The number of ether oxygens (including phenoxy) is 1. The number of carbonyl (C=O) groups excluding carboxylic acids is 3. The van der Waals surface area contributed by atoms with Crippen LogP contribution < -0.4 is 5.32 Å². The summed E-state index contributed by atoms with van der Waals surface area (Å²) in [7, 11) is 1.51. The lowest BCUT2D eigenvalue weighted by molar-refractivity contribution is -0.151. The summed E-state index contributed by atoms with van der Waals surface area (Å²) in [6.45, 7) is -0.451. The number of furan rings is 1. The molecule has 0 unspecified atom stereocenters. The van der Waals surface area contributed by atoms with Gasteiger partial charge < -0.3 is 19.4 Å². The van der Waals surface area contributed by atoms with Gasteiger partial charge in [-0.05, 0) is 29.7 Å². The van der Waals surface area contributed by atoms with Crippen LogP contribution in [0, 0.1) is 0 Å². The first-order valence-electron chi connectivity index (χ1n) is 9.58. The van der Waals surface area contributed by atoms with Gasteiger partial charge in [0, 0.05) is 24.0 Å². The molecular formula is C22H22N2O5. The van der Waals surface area contributed by atoms with E-state index in [2.05, 4.69) is 5.32 Å². The van der Waals surface area contributed by atoms with Gasteiger partial charge in [0.05, 0.1) is 19.2 Å². The van der Waals surface area contributed by atoms with E-state index < -0.39 is 18.5 Å². The van der Waals surface area contributed by atoms with Crippen molar-refractivity contribution < 1.29 is 23.5 Å². The molecule has 0 atom stereocenters. The highest BCUT2D eigenvalue weighted by Gasteiger charge is 2.24. The summed E-state index contributed by atoms with van der Waals surface area (Å²) in [6.07, 6.45) is 3.52. The zero-order chi connectivity index (χ0) is 20.4. The third kappa shape index (κ3) is 4.39. The van der Waals surface area contributed by atoms with E-state index in [0.717, 1.165) is 29.0 Å². The smallest absolute Gasteiger partial charge is 0.310 e. The van der Waals surface area contributed by atoms with Crippen LogP contribution in [-0.2, 0) is 25.5 Å². The lowest BCUT2D eigenvalue weighted by atomic mass is 10.0. The van der Waals surface area contributed by atoms with Gasteiger partial charge in [0.15, 0.2) is 6.61 Å². The van der Waals surface area contributed by atoms with Crippen molar-refractivity contribution >= 4 is 39.5 Å². The first kappa shape index (κ1) is 19.0. The molecule has 1 N–H and O–H groups in total. The molecule has 4 rings (SSSR count). The second-order valence-corrected chi connectivity index (χ2v) is 7.35. The van der Waals surface area contributed by atoms with Crippen molar-refractivity contribution in [1.82, 2.24) is 10.2 Å². The Kier molecular flexibility index (Phi) is 5.20. The molecule has 0 radical (unpaired) electrons. The van der Waals surface area contributed by atoms with Gasteiger partial charge in [-0.1, -0.05) is 30.3 Å². The number of benzene rings is 2. The zero-order valence-electron chi connectivity index (χ0n) is 16.1. The fourth-order valence-electron chi connectivity index (χ4n) is 3.27. The molecule has 7 nitrogen and oxygen atoms in total. The van der Waals surface area contributed by atoms with E-state index in [9.17, 15) is 14.4 Å². The maximum Gasteiger partial charge on any atom is 0.310 e. The van der Waals surface area contributed by atoms with Crippen LogP contribution in [0.2, 0.25) is 0 Å². The number of likely N-dealkylation sites (N-methyl/N-ethyl adjacent to an activating group) is 1. The average molecular weight is 394 g/mol. The van der Waals surface area contributed by atoms with Gasteiger partial charge in [-0.25, -0.2) is 0 Å². The molecular weight excluding hydrogens is 372 g/mol. The van der Waals surface area contributed by atoms with E-state index in [1.807, 2.05) is 36.4 Å². The molecule has 0 saturated heterocycles. The van der Waals surface area contributed by atoms with Crippen LogP contribution in [0.1, 0.15) is 18.4 Å². The molecule has 1 saturated carbocycles. The van der Waals surface area contributed by atoms with Gasteiger partial charge in [-0.15, -0.1) is 0 Å². The molecule has 0 aliphatic heterocycles. The van der Waals surface area contributed by atoms with Crippen molar-refractivity contribution in [2.45, 2.75) is 25.3 Å². The Morgan fingerprint density at radius 3 is 2.76 bits per heavy atom. The molecule has 29 heavy (non-hydrogen) atoms. The Morgan fingerprint density at radius 1 is 1.17 bits per heavy atom. The van der Waals surface area contributed by atoms with E-state index in [1.165, 1.54) is 11.9 Å². The molecule has 1 fully saturated rings. The number of hydrogen-bond donors (Lipinski definition) is 1. The van der Waals surface area contributed by atoms with E-state index in [4.69, 9.17) is 9.15 Å². The summed E-state index contributed by atoms with van der Waals surface area (Å²) in [4.78, 5) is 37.4. The molecule has 3 aromatic rings. The second-order valence-electron chi connectivity index (χ2n) is 7.35. The summed E-state index contributed by atoms with van der Waals surface area (Å²) in [5.74, 6) is -1.15. The number of amides is 2. The van der Waals surface area contributed by atoms with Gasteiger partial charge in [-0.2, -0.15) is 0 Å². The largest absolute Gasteiger partial charge is 0.464 e. The molecule has 7 heteroatoms. The van der Waals surface area contributed by atoms with Crippen molar-refractivity contribution in [2.75, 3.05) is 20.2 Å². The predicted molar refractivity (Wildman–Crippen MR) is 107 cm³/mol. The Labute approximate surface area is 167 Å². The molecule has 2 amide bonds. The fraction of sp³-hybridized carbons (Fsp3) is 0.318. The van der Waals surface area contributed by atoms with E-state index >= 15 is 0 Å². The second kappa shape index (κ2) is 7.95. The lowest BCUT2D eigenvalue weighted by Gasteiger charge is -2.16. The highest BCUT2D eigenvalue weighted by molar-refractivity contribution is 6.08. The number of fused-ring (bicyclic) bond motifs is 3. The molecule has 1 aliphatic rings. The molecule has 1 aromatic heterocycles. The van der Waals surface area contributed by atoms with Gasteiger partial charge in [-0.3, -0.25) is 14.4 Å². The van der Waals surface area contributed by atoms with Gasteiger partial charge in [0.1, 0.15) is 5.58 Å². The zero-order valence-corrected chi connectivity index (χ0v) is 16.1. The normalized spacial score (nSPS) is 13.4. The highest BCUT2D eigenvalue weighted by Crippen LogP contribution is 2.30. The molecule has 1 heterocycles. The van der Waals surface area contributed by atoms with Crippen LogP contribution in [0.25, 0.3) is 21.7 Å². The van der Waals surface area contributed by atoms with Crippen molar-refractivity contribution in [3.8, 4) is 0 Å². The molecule has 150 valence electrons. The van der Waals surface area contributed by atoms with Crippen LogP contribution in [0.3, 0.4) is 0 Å². The van der Waals surface area contributed by atoms with E-state index in [-0.39, 0.29) is 24.9 Å². The predicted octanol–water partition coefficient (Wildman–Crippen LogP) is 2.41. The number of nitrogens with zero attached hydrogens (tertiary/aromatic N) is 1. The minimum Gasteiger partial charge on any atom is -0.464 e. The number of hydrogen-bond acceptors (Lipinski definition) is 5. The van der Waals surface area contributed by atoms with Gasteiger partial charge in [0.2, 0.25) is 5.91 Å². The minimum atomic E-state index is -0.523. The Bertz CT molecular complexity index is 1080. The summed E-state index contributed by atoms with van der Waals surface area (Å²) in [5, 5.41) is 5.74. The van der Waals surface area contributed by atoms with Crippen LogP contribution in [0.5, 0.6) is 0 Å². The summed E-state index contributed by atoms with van der Waals surface area (Å²) in [5.41, 5.74) is 1.41. The monoisotopic (exact) mass is 394 g/mol. The summed E-state index contributed by atoms with van der Waals surface area (Å²) < 4.78 is 10.7. The average Bonchev–Trinajstić information content (AvgIpc) is 3.43. The van der Waals surface area contributed by atoms with Crippen molar-refractivity contribution in [1.29, 1.82) is 0 Å². The third-order valence-corrected chi connectivity index (χ3v) is 4.98. The summed E-state index contributed by atoms with van der Waals surface area (Å²) >= 11 is 0. The highest BCUT2D eigenvalue weighted by atomic mass is 16.5. The molecule has 0 bridgehead atoms. The SMILES string of the molecule is CN(CC(=O)NC1CC1)C(=O)COC(=O)Cc1coc2ccc3ccccc3c12. The third-order valence-electron chi connectivity index (χ3n) is 4.98. The first-order chi connectivity index (χ1) is 14.0. The Hall–Kier alpha value is -3.35. The lowest BCUT2D eigenvalue weighted by Crippen LogP contribution is -2.40. The maximum absolute atomic E-state index is 12.3. The van der Waals surface area contributed by atoms with E-state index in [0.29, 0.717) is 11.1 Å². The molecule has 2 aromatic carbocycles. The van der Waals surface area contributed by atoms with Crippen LogP contribution in [0.4, 0.5) is 0 Å². The van der Waals surface area contributed by atoms with Crippen molar-refractivity contribution in [3.63, 3.8) is 0 Å². The van der Waals surface area contributed by atoms with Crippen molar-refractivity contribution in [3.05, 3.63) is 48.2 Å².